The Labute approximate surface area is 157 Å². The van der Waals surface area contributed by atoms with E-state index >= 15 is 0 Å². The molecule has 2 amide bonds. The van der Waals surface area contributed by atoms with Crippen molar-refractivity contribution in [3.63, 3.8) is 0 Å². The Kier molecular flexibility index (Phi) is 5.33. The van der Waals surface area contributed by atoms with E-state index in [4.69, 9.17) is 10.8 Å². The number of benzene rings is 3. The van der Waals surface area contributed by atoms with Crippen molar-refractivity contribution < 1.29 is 14.7 Å². The number of hydrogen-bond acceptors (Lipinski definition) is 2. The van der Waals surface area contributed by atoms with Crippen LogP contribution in [0.4, 0.5) is 16.2 Å². The van der Waals surface area contributed by atoms with Gasteiger partial charge in [-0.25, -0.2) is 9.59 Å². The molecule has 3 aromatic rings. The number of carbonyl (C=O) groups excluding carboxylic acids is 1. The van der Waals surface area contributed by atoms with Crippen molar-refractivity contribution in [2.45, 2.75) is 0 Å². The number of primary amides is 1. The average Bonchev–Trinajstić information content (AvgIpc) is 2.86. The largest absolute Gasteiger partial charge is 0.478 e. The summed E-state index contributed by atoms with van der Waals surface area (Å²) >= 11 is 0. The molecule has 0 radical (unpaired) electrons. The highest BCUT2D eigenvalue weighted by atomic mass is 16.4. The molecule has 1 aliphatic rings. The van der Waals surface area contributed by atoms with Crippen molar-refractivity contribution in [1.82, 2.24) is 0 Å². The first kappa shape index (κ1) is 17.9. The number of carboxylic acid groups (broad SMARTS) is 1. The van der Waals surface area contributed by atoms with Crippen LogP contribution >= 0.6 is 0 Å². The van der Waals surface area contributed by atoms with Crippen LogP contribution in [0.2, 0.25) is 0 Å². The molecule has 4 rings (SSSR count). The van der Waals surface area contributed by atoms with Gasteiger partial charge < -0.3 is 10.8 Å². The number of carboxylic acids is 1. The van der Waals surface area contributed by atoms with Gasteiger partial charge in [0.25, 0.3) is 0 Å². The molecule has 1 heterocycles. The topological polar surface area (TPSA) is 83.6 Å². The van der Waals surface area contributed by atoms with Gasteiger partial charge in [0.05, 0.1) is 16.9 Å². The molecule has 0 unspecified atom stereocenters. The van der Waals surface area contributed by atoms with Crippen LogP contribution in [-0.4, -0.2) is 17.1 Å². The van der Waals surface area contributed by atoms with E-state index in [1.807, 2.05) is 60.7 Å². The highest BCUT2D eigenvalue weighted by molar-refractivity contribution is 6.04. The number of carbonyl (C=O) groups is 2. The van der Waals surface area contributed by atoms with Gasteiger partial charge in [0, 0.05) is 0 Å². The first-order valence-electron chi connectivity index (χ1n) is 8.32. The van der Waals surface area contributed by atoms with Gasteiger partial charge in [-0.2, -0.15) is 0 Å². The van der Waals surface area contributed by atoms with Gasteiger partial charge in [0.15, 0.2) is 0 Å². The fraction of sp³-hybridized carbons (Fsp3) is 0. The number of nitrogens with zero attached hydrogens (tertiary/aromatic N) is 1. The van der Waals surface area contributed by atoms with Gasteiger partial charge in [0.1, 0.15) is 0 Å². The summed E-state index contributed by atoms with van der Waals surface area (Å²) in [4.78, 5) is 23.5. The molecule has 134 valence electrons. The highest BCUT2D eigenvalue weighted by Gasteiger charge is 2.21. The predicted molar refractivity (Wildman–Crippen MR) is 107 cm³/mol. The van der Waals surface area contributed by atoms with Crippen LogP contribution < -0.4 is 10.6 Å². The van der Waals surface area contributed by atoms with Crippen LogP contribution in [0.1, 0.15) is 21.5 Å². The van der Waals surface area contributed by atoms with Gasteiger partial charge in [-0.05, 0) is 35.4 Å². The van der Waals surface area contributed by atoms with E-state index < -0.39 is 12.0 Å². The number of nitrogens with two attached hydrogens (primary N) is 1. The van der Waals surface area contributed by atoms with Crippen molar-refractivity contribution in [3.8, 4) is 0 Å². The fourth-order valence-corrected chi connectivity index (χ4v) is 2.79. The summed E-state index contributed by atoms with van der Waals surface area (Å²) < 4.78 is 0. The van der Waals surface area contributed by atoms with Gasteiger partial charge in [0.2, 0.25) is 0 Å². The maximum absolute atomic E-state index is 11.8. The maximum Gasteiger partial charge on any atom is 0.335 e. The monoisotopic (exact) mass is 358 g/mol. The lowest BCUT2D eigenvalue weighted by Crippen LogP contribution is -2.32. The third-order valence-electron chi connectivity index (χ3n) is 4.04. The Hall–Kier alpha value is -3.86. The Morgan fingerprint density at radius 3 is 1.56 bits per heavy atom. The number of amides is 2. The lowest BCUT2D eigenvalue weighted by molar-refractivity contribution is 0.0697. The lowest BCUT2D eigenvalue weighted by atomic mass is 10.1. The second-order valence-electron chi connectivity index (χ2n) is 5.80. The Balaban J connectivity index is 0.000000197. The number of anilines is 2. The highest BCUT2D eigenvalue weighted by Crippen LogP contribution is 2.35. The molecule has 0 aromatic heterocycles. The Morgan fingerprint density at radius 2 is 1.15 bits per heavy atom. The van der Waals surface area contributed by atoms with Crippen molar-refractivity contribution in [2.24, 2.45) is 5.73 Å². The predicted octanol–water partition coefficient (Wildman–Crippen LogP) is 4.77. The number of hydrogen-bond donors (Lipinski definition) is 2. The number of rotatable bonds is 1. The second kappa shape index (κ2) is 8.01. The van der Waals surface area contributed by atoms with E-state index in [-0.39, 0.29) is 0 Å². The Morgan fingerprint density at radius 1 is 0.704 bits per heavy atom. The van der Waals surface area contributed by atoms with Crippen molar-refractivity contribution in [1.29, 1.82) is 0 Å². The number of para-hydroxylation sites is 2. The summed E-state index contributed by atoms with van der Waals surface area (Å²) in [6, 6.07) is 23.2. The van der Waals surface area contributed by atoms with E-state index in [2.05, 4.69) is 0 Å². The van der Waals surface area contributed by atoms with Gasteiger partial charge in [-0.1, -0.05) is 66.7 Å². The summed E-state index contributed by atoms with van der Waals surface area (Å²) in [6.45, 7) is 0. The molecule has 3 aromatic carbocycles. The molecule has 0 bridgehead atoms. The van der Waals surface area contributed by atoms with Gasteiger partial charge in [-0.3, -0.25) is 4.90 Å². The van der Waals surface area contributed by atoms with Crippen LogP contribution in [-0.2, 0) is 0 Å². The first-order valence-corrected chi connectivity index (χ1v) is 8.32. The zero-order valence-corrected chi connectivity index (χ0v) is 14.4. The maximum atomic E-state index is 11.8. The fourth-order valence-electron chi connectivity index (χ4n) is 2.79. The minimum Gasteiger partial charge on any atom is -0.478 e. The van der Waals surface area contributed by atoms with Crippen LogP contribution in [0.3, 0.4) is 0 Å². The average molecular weight is 358 g/mol. The third-order valence-corrected chi connectivity index (χ3v) is 4.04. The standard InChI is InChI=1S/C15H12N2O.C7H6O2/c16-15(18)17-13-7-3-1-5-11(13)9-10-12-6-2-4-8-14(12)17;8-7(9)6-4-2-1-3-5-6/h1-10H,(H2,16,18);1-5H,(H,8,9). The number of aromatic carboxylic acids is 1. The molecule has 3 N–H and O–H groups in total. The van der Waals surface area contributed by atoms with Crippen molar-refractivity contribution in [2.75, 3.05) is 4.90 Å². The molecule has 0 saturated heterocycles. The molecule has 0 saturated carbocycles. The zero-order chi connectivity index (χ0) is 19.2. The van der Waals surface area contributed by atoms with Crippen LogP contribution in [0.5, 0.6) is 0 Å². The van der Waals surface area contributed by atoms with E-state index in [1.165, 1.54) is 0 Å². The third kappa shape index (κ3) is 4.04. The normalized spacial score (nSPS) is 11.3. The summed E-state index contributed by atoms with van der Waals surface area (Å²) in [5.74, 6) is -0.879. The summed E-state index contributed by atoms with van der Waals surface area (Å²) in [7, 11) is 0. The number of fused-ring (bicyclic) bond motifs is 2. The van der Waals surface area contributed by atoms with E-state index in [0.717, 1.165) is 22.5 Å². The molecule has 0 atom stereocenters. The molecule has 27 heavy (non-hydrogen) atoms. The molecule has 1 aliphatic heterocycles. The van der Waals surface area contributed by atoms with Crippen LogP contribution in [0.15, 0.2) is 78.9 Å². The minimum atomic E-state index is -0.879. The van der Waals surface area contributed by atoms with Gasteiger partial charge >= 0.3 is 12.0 Å². The molecular weight excluding hydrogens is 340 g/mol. The number of urea groups is 1. The van der Waals surface area contributed by atoms with Crippen LogP contribution in [0, 0.1) is 0 Å². The van der Waals surface area contributed by atoms with E-state index in [0.29, 0.717) is 5.56 Å². The SMILES string of the molecule is NC(=O)N1c2ccccc2C=Cc2ccccc21.O=C(O)c1ccccc1. The first-order chi connectivity index (χ1) is 13.1. The van der Waals surface area contributed by atoms with Crippen molar-refractivity contribution >= 4 is 35.5 Å². The molecule has 0 spiro atoms. The van der Waals surface area contributed by atoms with E-state index in [9.17, 15) is 9.59 Å². The van der Waals surface area contributed by atoms with Crippen LogP contribution in [0.25, 0.3) is 12.2 Å². The second-order valence-corrected chi connectivity index (χ2v) is 5.80. The van der Waals surface area contributed by atoms with Gasteiger partial charge in [-0.15, -0.1) is 0 Å². The molecular formula is C22H18N2O3. The smallest absolute Gasteiger partial charge is 0.335 e. The molecule has 5 heteroatoms. The van der Waals surface area contributed by atoms with Crippen molar-refractivity contribution in [3.05, 3.63) is 95.6 Å². The minimum absolute atomic E-state index is 0.331. The zero-order valence-electron chi connectivity index (χ0n) is 14.4. The quantitative estimate of drug-likeness (QED) is 0.657. The molecule has 5 nitrogen and oxygen atoms in total. The molecule has 0 fully saturated rings. The molecule has 0 aliphatic carbocycles. The summed E-state index contributed by atoms with van der Waals surface area (Å²) in [5.41, 5.74) is 9.44. The Bertz CT molecular complexity index is 948. The summed E-state index contributed by atoms with van der Waals surface area (Å²) in [6.07, 6.45) is 3.99. The summed E-state index contributed by atoms with van der Waals surface area (Å²) in [5, 5.41) is 8.38. The lowest BCUT2D eigenvalue weighted by Gasteiger charge is -2.22. The van der Waals surface area contributed by atoms with E-state index in [1.54, 1.807) is 35.2 Å².